The summed E-state index contributed by atoms with van der Waals surface area (Å²) in [7, 11) is 8.25. The Bertz CT molecular complexity index is 848. The van der Waals surface area contributed by atoms with Gasteiger partial charge in [-0.2, -0.15) is 0 Å². The molecule has 2 aromatic rings. The summed E-state index contributed by atoms with van der Waals surface area (Å²) in [6.45, 7) is 1.94. The Morgan fingerprint density at radius 3 is 2.38 bits per heavy atom. The molecular weight excluding hydrogens is 525 g/mol. The molecule has 0 radical (unpaired) electrons. The maximum atomic E-state index is 5.75. The zero-order valence-electron chi connectivity index (χ0n) is 19.4. The second-order valence-corrected chi connectivity index (χ2v) is 6.59. The van der Waals surface area contributed by atoms with Crippen molar-refractivity contribution in [2.24, 2.45) is 4.99 Å². The van der Waals surface area contributed by atoms with Crippen molar-refractivity contribution in [3.05, 3.63) is 42.0 Å². The van der Waals surface area contributed by atoms with Crippen LogP contribution in [0, 0.1) is 0 Å². The van der Waals surface area contributed by atoms with Crippen LogP contribution in [0.15, 0.2) is 41.4 Å². The van der Waals surface area contributed by atoms with Crippen LogP contribution in [0.5, 0.6) is 23.0 Å². The predicted octanol–water partition coefficient (Wildman–Crippen LogP) is 3.98. The molecule has 2 rings (SSSR count). The van der Waals surface area contributed by atoms with Gasteiger partial charge < -0.3 is 34.3 Å². The van der Waals surface area contributed by atoms with E-state index < -0.39 is 0 Å². The maximum absolute atomic E-state index is 5.75. The molecule has 2 N–H and O–H groups in total. The van der Waals surface area contributed by atoms with Gasteiger partial charge in [0.1, 0.15) is 5.75 Å². The molecule has 0 heterocycles. The number of benzene rings is 2. The molecule has 0 saturated carbocycles. The molecule has 0 aromatic heterocycles. The minimum absolute atomic E-state index is 0. The lowest BCUT2D eigenvalue weighted by Gasteiger charge is -2.17. The van der Waals surface area contributed by atoms with E-state index in [1.165, 1.54) is 0 Å². The molecule has 0 aliphatic carbocycles. The van der Waals surface area contributed by atoms with Crippen molar-refractivity contribution >= 4 is 35.6 Å². The normalized spacial score (nSPS) is 10.7. The molecule has 0 amide bonds. The van der Waals surface area contributed by atoms with E-state index in [1.807, 2.05) is 36.4 Å². The van der Waals surface area contributed by atoms with E-state index in [0.29, 0.717) is 49.4 Å². The van der Waals surface area contributed by atoms with Crippen molar-refractivity contribution in [2.45, 2.75) is 12.8 Å². The molecule has 9 heteroatoms. The molecule has 0 aliphatic heterocycles. The highest BCUT2D eigenvalue weighted by Gasteiger charge is 2.15. The Morgan fingerprint density at radius 1 is 0.938 bits per heavy atom. The summed E-state index contributed by atoms with van der Waals surface area (Å²) in [5.74, 6) is 3.36. The quantitative estimate of drug-likeness (QED) is 0.176. The number of nitrogens with one attached hydrogen (secondary N) is 2. The first-order chi connectivity index (χ1) is 15.2. The SMILES string of the molecule is CN=C(NCCc1ccc(OC)c(OC)c1OC)Nc1cccc(OCCCOC)c1.I. The van der Waals surface area contributed by atoms with Gasteiger partial charge in [-0.25, -0.2) is 0 Å². The molecule has 0 spiro atoms. The first-order valence-electron chi connectivity index (χ1n) is 10.1. The molecule has 0 fully saturated rings. The molecule has 2 aromatic carbocycles. The lowest BCUT2D eigenvalue weighted by Crippen LogP contribution is -2.32. The number of guanidine groups is 1. The first kappa shape index (κ1) is 27.6. The summed E-state index contributed by atoms with van der Waals surface area (Å²) in [5.41, 5.74) is 1.90. The minimum atomic E-state index is 0. The molecule has 178 valence electrons. The Hall–Kier alpha value is -2.40. The standard InChI is InChI=1S/C23H33N3O5.HI/c1-24-23(26-18-8-6-9-19(16-18)31-15-7-14-27-2)25-13-12-17-10-11-20(28-3)22(30-5)21(17)29-4;/h6,8-11,16H,7,12-15H2,1-5H3,(H2,24,25,26);1H. The molecule has 0 atom stereocenters. The molecule has 0 aliphatic rings. The van der Waals surface area contributed by atoms with Gasteiger partial charge in [-0.3, -0.25) is 4.99 Å². The van der Waals surface area contributed by atoms with E-state index in [-0.39, 0.29) is 24.0 Å². The highest BCUT2D eigenvalue weighted by molar-refractivity contribution is 14.0. The number of methoxy groups -OCH3 is 4. The van der Waals surface area contributed by atoms with Crippen LogP contribution in [0.2, 0.25) is 0 Å². The Labute approximate surface area is 207 Å². The van der Waals surface area contributed by atoms with Crippen LogP contribution in [0.3, 0.4) is 0 Å². The average Bonchev–Trinajstić information content (AvgIpc) is 2.80. The monoisotopic (exact) mass is 559 g/mol. The van der Waals surface area contributed by atoms with Crippen LogP contribution in [-0.4, -0.2) is 61.2 Å². The van der Waals surface area contributed by atoms with E-state index in [0.717, 1.165) is 23.4 Å². The molecule has 0 bridgehead atoms. The van der Waals surface area contributed by atoms with Gasteiger partial charge in [0.05, 0.1) is 27.9 Å². The van der Waals surface area contributed by atoms with Crippen LogP contribution in [-0.2, 0) is 11.2 Å². The van der Waals surface area contributed by atoms with Crippen LogP contribution in [0.1, 0.15) is 12.0 Å². The number of nitrogens with zero attached hydrogens (tertiary/aromatic N) is 1. The summed E-state index contributed by atoms with van der Waals surface area (Å²) in [4.78, 5) is 4.30. The lowest BCUT2D eigenvalue weighted by molar-refractivity contribution is 0.172. The number of anilines is 1. The van der Waals surface area contributed by atoms with Crippen molar-refractivity contribution in [1.82, 2.24) is 5.32 Å². The zero-order chi connectivity index (χ0) is 22.5. The fourth-order valence-corrected chi connectivity index (χ4v) is 3.05. The lowest BCUT2D eigenvalue weighted by atomic mass is 10.1. The third-order valence-electron chi connectivity index (χ3n) is 4.55. The van der Waals surface area contributed by atoms with Crippen LogP contribution in [0.4, 0.5) is 5.69 Å². The number of aliphatic imine (C=N–C) groups is 1. The van der Waals surface area contributed by atoms with Gasteiger partial charge in [0, 0.05) is 51.0 Å². The largest absolute Gasteiger partial charge is 0.493 e. The molecule has 32 heavy (non-hydrogen) atoms. The zero-order valence-corrected chi connectivity index (χ0v) is 21.7. The summed E-state index contributed by atoms with van der Waals surface area (Å²) >= 11 is 0. The van der Waals surface area contributed by atoms with Gasteiger partial charge >= 0.3 is 0 Å². The number of hydrogen-bond acceptors (Lipinski definition) is 6. The van der Waals surface area contributed by atoms with Gasteiger partial charge in [-0.1, -0.05) is 12.1 Å². The highest BCUT2D eigenvalue weighted by atomic mass is 127. The number of rotatable bonds is 12. The van der Waals surface area contributed by atoms with E-state index in [4.69, 9.17) is 23.7 Å². The molecular formula is C23H34IN3O5. The van der Waals surface area contributed by atoms with E-state index in [1.54, 1.807) is 35.5 Å². The fourth-order valence-electron chi connectivity index (χ4n) is 3.05. The number of ether oxygens (including phenoxy) is 5. The molecule has 8 nitrogen and oxygen atoms in total. The van der Waals surface area contributed by atoms with Crippen LogP contribution < -0.4 is 29.6 Å². The van der Waals surface area contributed by atoms with E-state index in [9.17, 15) is 0 Å². The Kier molecular flexibility index (Phi) is 13.3. The van der Waals surface area contributed by atoms with Crippen molar-refractivity contribution in [3.8, 4) is 23.0 Å². The Morgan fingerprint density at radius 2 is 1.72 bits per heavy atom. The predicted molar refractivity (Wildman–Crippen MR) is 139 cm³/mol. The van der Waals surface area contributed by atoms with Gasteiger partial charge in [-0.05, 0) is 24.6 Å². The van der Waals surface area contributed by atoms with E-state index in [2.05, 4.69) is 15.6 Å². The molecule has 0 saturated heterocycles. The van der Waals surface area contributed by atoms with Crippen LogP contribution >= 0.6 is 24.0 Å². The third kappa shape index (κ3) is 8.27. The second kappa shape index (κ2) is 15.4. The van der Waals surface area contributed by atoms with E-state index >= 15 is 0 Å². The van der Waals surface area contributed by atoms with Crippen molar-refractivity contribution in [2.75, 3.05) is 60.6 Å². The van der Waals surface area contributed by atoms with Gasteiger partial charge in [-0.15, -0.1) is 24.0 Å². The van der Waals surface area contributed by atoms with Crippen molar-refractivity contribution < 1.29 is 23.7 Å². The fraction of sp³-hybridized carbons (Fsp3) is 0.435. The number of hydrogen-bond donors (Lipinski definition) is 2. The van der Waals surface area contributed by atoms with Crippen LogP contribution in [0.25, 0.3) is 0 Å². The second-order valence-electron chi connectivity index (χ2n) is 6.59. The molecule has 0 unspecified atom stereocenters. The first-order valence-corrected chi connectivity index (χ1v) is 10.1. The number of halogens is 1. The van der Waals surface area contributed by atoms with Gasteiger partial charge in [0.2, 0.25) is 5.75 Å². The average molecular weight is 559 g/mol. The highest BCUT2D eigenvalue weighted by Crippen LogP contribution is 2.39. The Balaban J connectivity index is 0.00000512. The summed E-state index contributed by atoms with van der Waals surface area (Å²) in [6, 6.07) is 11.6. The maximum Gasteiger partial charge on any atom is 0.203 e. The third-order valence-corrected chi connectivity index (χ3v) is 4.55. The van der Waals surface area contributed by atoms with Crippen molar-refractivity contribution in [1.29, 1.82) is 0 Å². The van der Waals surface area contributed by atoms with Crippen molar-refractivity contribution in [3.63, 3.8) is 0 Å². The smallest absolute Gasteiger partial charge is 0.203 e. The summed E-state index contributed by atoms with van der Waals surface area (Å²) in [6.07, 6.45) is 1.56. The van der Waals surface area contributed by atoms with Gasteiger partial charge in [0.25, 0.3) is 0 Å². The van der Waals surface area contributed by atoms with Gasteiger partial charge in [0.15, 0.2) is 17.5 Å². The minimum Gasteiger partial charge on any atom is -0.493 e. The summed E-state index contributed by atoms with van der Waals surface area (Å²) < 4.78 is 27.1. The topological polar surface area (TPSA) is 82.6 Å². The summed E-state index contributed by atoms with van der Waals surface area (Å²) in [5, 5.41) is 6.60.